The molecule has 5 nitrogen and oxygen atoms in total. The molecule has 0 aromatic rings. The smallest absolute Gasteiger partial charge is 0.237 e. The summed E-state index contributed by atoms with van der Waals surface area (Å²) in [5, 5.41) is 2.62. The summed E-state index contributed by atoms with van der Waals surface area (Å²) in [5.41, 5.74) is 10.9. The molecule has 0 radical (unpaired) electrons. The second-order valence-corrected chi connectivity index (χ2v) is 3.17. The third kappa shape index (κ3) is 6.88. The summed E-state index contributed by atoms with van der Waals surface area (Å²) >= 11 is 3.62. The highest BCUT2D eigenvalue weighted by Gasteiger charge is 2.11. The van der Waals surface area contributed by atoms with Crippen molar-refractivity contribution in [1.82, 2.24) is 5.32 Å². The van der Waals surface area contributed by atoms with Crippen LogP contribution in [0.1, 0.15) is 19.3 Å². The highest BCUT2D eigenvalue weighted by molar-refractivity contribution is 7.78. The Morgan fingerprint density at radius 1 is 1.57 bits per heavy atom. The third-order valence-corrected chi connectivity index (χ3v) is 1.92. The average molecular weight is 218 g/mol. The minimum absolute atomic E-state index is 0.157. The Morgan fingerprint density at radius 2 is 2.29 bits per heavy atom. The Kier molecular flexibility index (Phi) is 8.61. The number of thiol groups is 1. The zero-order valence-corrected chi connectivity index (χ0v) is 9.04. The lowest BCUT2D eigenvalue weighted by Gasteiger charge is -2.10. The van der Waals surface area contributed by atoms with Gasteiger partial charge in [0.15, 0.2) is 0 Å². The quantitative estimate of drug-likeness (QED) is 0.263. The molecule has 5 N–H and O–H groups in total. The summed E-state index contributed by atoms with van der Waals surface area (Å²) in [7, 11) is 0. The number of nitrogens with one attached hydrogen (secondary N) is 1. The van der Waals surface area contributed by atoms with Crippen molar-refractivity contribution in [2.24, 2.45) is 15.9 Å². The highest BCUT2D eigenvalue weighted by Crippen LogP contribution is 1.97. The summed E-state index contributed by atoms with van der Waals surface area (Å²) in [6.07, 6.45) is 3.94. The molecular weight excluding hydrogens is 200 g/mol. The molecule has 6 heteroatoms. The molecular formula is C8H18N4OS. The summed E-state index contributed by atoms with van der Waals surface area (Å²) in [6, 6.07) is -0.449. The van der Waals surface area contributed by atoms with Crippen LogP contribution in [0.15, 0.2) is 4.40 Å². The van der Waals surface area contributed by atoms with E-state index in [0.717, 1.165) is 12.8 Å². The van der Waals surface area contributed by atoms with Crippen molar-refractivity contribution in [2.75, 3.05) is 13.1 Å². The zero-order valence-electron chi connectivity index (χ0n) is 8.15. The van der Waals surface area contributed by atoms with Crippen LogP contribution in [-0.2, 0) is 4.79 Å². The topological polar surface area (TPSA) is 93.5 Å². The molecule has 1 atom stereocenters. The highest BCUT2D eigenvalue weighted by atomic mass is 32.1. The fraction of sp³-hybridized carbons (Fsp3) is 0.750. The molecule has 0 aliphatic rings. The van der Waals surface area contributed by atoms with Gasteiger partial charge in [-0.25, -0.2) is 4.40 Å². The van der Waals surface area contributed by atoms with Crippen LogP contribution in [0.3, 0.4) is 0 Å². The Hall–Kier alpha value is -0.590. The fourth-order valence-electron chi connectivity index (χ4n) is 0.958. The molecule has 0 aromatic carbocycles. The lowest BCUT2D eigenvalue weighted by atomic mass is 10.1. The largest absolute Gasteiger partial charge is 0.350 e. The first kappa shape index (κ1) is 13.4. The monoisotopic (exact) mass is 218 g/mol. The molecule has 0 unspecified atom stereocenters. The van der Waals surface area contributed by atoms with Gasteiger partial charge in [-0.15, -0.1) is 0 Å². The second kappa shape index (κ2) is 8.98. The van der Waals surface area contributed by atoms with Crippen LogP contribution in [-0.4, -0.2) is 31.3 Å². The Balaban J connectivity index is 3.54. The lowest BCUT2D eigenvalue weighted by molar-refractivity contribution is -0.122. The molecule has 0 saturated carbocycles. The van der Waals surface area contributed by atoms with E-state index < -0.39 is 6.04 Å². The molecule has 0 aliphatic carbocycles. The van der Waals surface area contributed by atoms with Crippen molar-refractivity contribution in [1.29, 1.82) is 0 Å². The van der Waals surface area contributed by atoms with Gasteiger partial charge in [-0.1, -0.05) is 6.42 Å². The van der Waals surface area contributed by atoms with Crippen LogP contribution >= 0.6 is 12.8 Å². The number of carbonyl (C=O) groups is 1. The van der Waals surface area contributed by atoms with E-state index in [0.29, 0.717) is 19.5 Å². The predicted octanol–water partition coefficient (Wildman–Crippen LogP) is -0.525. The minimum atomic E-state index is -0.449. The van der Waals surface area contributed by atoms with Crippen molar-refractivity contribution >= 4 is 24.9 Å². The van der Waals surface area contributed by atoms with Crippen molar-refractivity contribution in [3.63, 3.8) is 0 Å². The fourth-order valence-corrected chi connectivity index (χ4v) is 1.04. The predicted molar refractivity (Wildman–Crippen MR) is 61.4 cm³/mol. The van der Waals surface area contributed by atoms with E-state index in [1.807, 2.05) is 0 Å². The molecule has 0 saturated heterocycles. The molecule has 0 spiro atoms. The Bertz CT molecular complexity index is 186. The first-order valence-corrected chi connectivity index (χ1v) is 5.01. The number of unbranched alkanes of at least 4 members (excludes halogenated alkanes) is 1. The van der Waals surface area contributed by atoms with E-state index in [9.17, 15) is 4.79 Å². The van der Waals surface area contributed by atoms with Crippen LogP contribution in [0.5, 0.6) is 0 Å². The van der Waals surface area contributed by atoms with Gasteiger partial charge in [0.2, 0.25) is 5.91 Å². The van der Waals surface area contributed by atoms with E-state index in [4.69, 9.17) is 11.5 Å². The first-order valence-electron chi connectivity index (χ1n) is 4.61. The van der Waals surface area contributed by atoms with Crippen LogP contribution in [0.4, 0.5) is 0 Å². The van der Waals surface area contributed by atoms with Gasteiger partial charge in [-0.3, -0.25) is 4.79 Å². The van der Waals surface area contributed by atoms with Gasteiger partial charge >= 0.3 is 0 Å². The summed E-state index contributed by atoms with van der Waals surface area (Å²) in [6.45, 7) is 1.01. The maximum absolute atomic E-state index is 11.3. The van der Waals surface area contributed by atoms with Gasteiger partial charge in [0.05, 0.1) is 12.6 Å². The number of carbonyl (C=O) groups excluding carboxylic acids is 1. The Labute approximate surface area is 89.9 Å². The van der Waals surface area contributed by atoms with Gasteiger partial charge in [-0.2, -0.15) is 0 Å². The van der Waals surface area contributed by atoms with Crippen molar-refractivity contribution in [2.45, 2.75) is 25.3 Å². The van der Waals surface area contributed by atoms with E-state index in [2.05, 4.69) is 22.5 Å². The molecule has 14 heavy (non-hydrogen) atoms. The molecule has 0 aromatic heterocycles. The average Bonchev–Trinajstić information content (AvgIpc) is 2.18. The van der Waals surface area contributed by atoms with Crippen LogP contribution < -0.4 is 16.8 Å². The Morgan fingerprint density at radius 3 is 2.86 bits per heavy atom. The number of nitrogens with two attached hydrogens (primary N) is 2. The van der Waals surface area contributed by atoms with Gasteiger partial charge in [0.25, 0.3) is 0 Å². The molecule has 82 valence electrons. The van der Waals surface area contributed by atoms with Crippen molar-refractivity contribution in [3.05, 3.63) is 0 Å². The normalized spacial score (nSPS) is 13.1. The summed E-state index contributed by atoms with van der Waals surface area (Å²) in [5.74, 6) is -0.157. The molecule has 0 heterocycles. The maximum Gasteiger partial charge on any atom is 0.237 e. The van der Waals surface area contributed by atoms with E-state index in [-0.39, 0.29) is 5.91 Å². The number of amides is 1. The van der Waals surface area contributed by atoms with Gasteiger partial charge in [0, 0.05) is 6.21 Å². The summed E-state index contributed by atoms with van der Waals surface area (Å²) < 4.78 is 3.44. The van der Waals surface area contributed by atoms with Crippen LogP contribution in [0.25, 0.3) is 0 Å². The van der Waals surface area contributed by atoms with Crippen molar-refractivity contribution < 1.29 is 4.79 Å². The molecule has 0 aliphatic heterocycles. The molecule has 0 fully saturated rings. The second-order valence-electron chi connectivity index (χ2n) is 2.93. The lowest BCUT2D eigenvalue weighted by Crippen LogP contribution is -2.41. The number of hydrogen-bond acceptors (Lipinski definition) is 5. The minimum Gasteiger partial charge on any atom is -0.350 e. The first-order chi connectivity index (χ1) is 6.72. The number of hydrogen-bond donors (Lipinski definition) is 4. The molecule has 1 amide bonds. The van der Waals surface area contributed by atoms with E-state index in [1.165, 1.54) is 6.21 Å². The SMILES string of the molecule is NCCCC[C@H](N)C(=O)NC/C=N/S. The number of rotatable bonds is 7. The van der Waals surface area contributed by atoms with Gasteiger partial charge < -0.3 is 16.8 Å². The van der Waals surface area contributed by atoms with Gasteiger partial charge in [-0.05, 0) is 32.2 Å². The van der Waals surface area contributed by atoms with Crippen LogP contribution in [0.2, 0.25) is 0 Å². The molecule has 0 rings (SSSR count). The van der Waals surface area contributed by atoms with Crippen molar-refractivity contribution in [3.8, 4) is 0 Å². The van der Waals surface area contributed by atoms with Crippen LogP contribution in [0, 0.1) is 0 Å². The molecule has 0 bridgehead atoms. The zero-order chi connectivity index (χ0) is 10.8. The standard InChI is InChI=1S/C8H18N4OS/c9-4-2-1-3-7(10)8(13)11-5-6-12-14/h6-7,14H,1-5,9-10H2,(H,11,13)/b12-6+/t7-/m0/s1. The maximum atomic E-state index is 11.3. The van der Waals surface area contributed by atoms with E-state index in [1.54, 1.807) is 0 Å². The van der Waals surface area contributed by atoms with Gasteiger partial charge in [0.1, 0.15) is 0 Å². The number of nitrogens with zero attached hydrogens (tertiary/aromatic N) is 1. The third-order valence-electron chi connectivity index (χ3n) is 1.76. The van der Waals surface area contributed by atoms with E-state index >= 15 is 0 Å². The summed E-state index contributed by atoms with van der Waals surface area (Å²) in [4.78, 5) is 11.3.